The molecule has 0 saturated heterocycles. The summed E-state index contributed by atoms with van der Waals surface area (Å²) in [6.07, 6.45) is 0. The summed E-state index contributed by atoms with van der Waals surface area (Å²) in [4.78, 5) is 0. The number of rotatable bonds is 1. The molecule has 2 aromatic carbocycles. The van der Waals surface area contributed by atoms with Crippen molar-refractivity contribution < 1.29 is 5.11 Å². The lowest BCUT2D eigenvalue weighted by Crippen LogP contribution is -1.86. The first kappa shape index (κ1) is 9.87. The average molecular weight is 220 g/mol. The zero-order chi connectivity index (χ0) is 10.8. The van der Waals surface area contributed by atoms with Crippen LogP contribution in [-0.2, 0) is 0 Å². The van der Waals surface area contributed by atoms with Crippen molar-refractivity contribution in [1.29, 1.82) is 0 Å². The molecule has 0 saturated carbocycles. The zero-order valence-electron chi connectivity index (χ0n) is 7.94. The average Bonchev–Trinajstić information content (AvgIpc) is 2.23. The molecule has 0 aromatic heterocycles. The number of halogens is 1. The minimum Gasteiger partial charge on any atom is -0.506 e. The lowest BCUT2D eigenvalue weighted by molar-refractivity contribution is 0.478. The Hall–Kier alpha value is -1.67. The molecule has 0 unspecified atom stereocenters. The molecule has 0 fully saturated rings. The highest BCUT2D eigenvalue weighted by Crippen LogP contribution is 2.31. The van der Waals surface area contributed by atoms with Crippen LogP contribution in [0, 0.1) is 0 Å². The molecule has 0 bridgehead atoms. The number of benzene rings is 2. The van der Waals surface area contributed by atoms with Crippen LogP contribution in [0.15, 0.2) is 42.5 Å². The highest BCUT2D eigenvalue weighted by atomic mass is 35.5. The van der Waals surface area contributed by atoms with Gasteiger partial charge in [-0.3, -0.25) is 0 Å². The Morgan fingerprint density at radius 3 is 2.47 bits per heavy atom. The fraction of sp³-hybridized carbons (Fsp3) is 0. The molecule has 0 atom stereocenters. The molecule has 3 N–H and O–H groups in total. The summed E-state index contributed by atoms with van der Waals surface area (Å²) >= 11 is 6.04. The number of anilines is 1. The molecule has 0 aliphatic carbocycles. The summed E-state index contributed by atoms with van der Waals surface area (Å²) in [5.41, 5.74) is 7.63. The number of hydrogen-bond donors (Lipinski definition) is 2. The predicted octanol–water partition coefficient (Wildman–Crippen LogP) is 3.29. The first-order chi connectivity index (χ1) is 7.18. The number of nitrogen functional groups attached to an aromatic ring is 1. The van der Waals surface area contributed by atoms with Gasteiger partial charge in [-0.1, -0.05) is 35.9 Å². The molecule has 0 aliphatic rings. The summed E-state index contributed by atoms with van der Waals surface area (Å²) < 4.78 is 0. The van der Waals surface area contributed by atoms with E-state index in [9.17, 15) is 5.11 Å². The summed E-state index contributed by atoms with van der Waals surface area (Å²) in [7, 11) is 0. The van der Waals surface area contributed by atoms with Gasteiger partial charge in [-0.2, -0.15) is 0 Å². The van der Waals surface area contributed by atoms with E-state index in [1.807, 2.05) is 30.3 Å². The van der Waals surface area contributed by atoms with Crippen molar-refractivity contribution in [3.8, 4) is 16.9 Å². The fourth-order valence-corrected chi connectivity index (χ4v) is 1.65. The van der Waals surface area contributed by atoms with Crippen LogP contribution in [-0.4, -0.2) is 5.11 Å². The minimum atomic E-state index is 0.0763. The van der Waals surface area contributed by atoms with E-state index >= 15 is 0 Å². The van der Waals surface area contributed by atoms with Crippen molar-refractivity contribution in [2.24, 2.45) is 0 Å². The standard InChI is InChI=1S/C12H10ClNO/c13-10-4-2-1-3-9(10)8-5-6-11(14)12(15)7-8/h1-7,15H,14H2. The van der Waals surface area contributed by atoms with E-state index < -0.39 is 0 Å². The molecule has 0 heterocycles. The number of hydrogen-bond acceptors (Lipinski definition) is 2. The molecular weight excluding hydrogens is 210 g/mol. The number of nitrogens with two attached hydrogens (primary N) is 1. The molecule has 76 valence electrons. The molecule has 15 heavy (non-hydrogen) atoms. The van der Waals surface area contributed by atoms with Crippen molar-refractivity contribution in [3.05, 3.63) is 47.5 Å². The van der Waals surface area contributed by atoms with Crippen LogP contribution in [0.4, 0.5) is 5.69 Å². The van der Waals surface area contributed by atoms with E-state index in [4.69, 9.17) is 17.3 Å². The van der Waals surface area contributed by atoms with Gasteiger partial charge in [0.15, 0.2) is 0 Å². The predicted molar refractivity (Wildman–Crippen MR) is 63.0 cm³/mol. The third-order valence-electron chi connectivity index (χ3n) is 2.22. The normalized spacial score (nSPS) is 10.2. The van der Waals surface area contributed by atoms with Crippen LogP contribution in [0.2, 0.25) is 5.02 Å². The van der Waals surface area contributed by atoms with Crippen molar-refractivity contribution in [3.63, 3.8) is 0 Å². The third kappa shape index (κ3) is 1.90. The molecule has 0 aliphatic heterocycles. The third-order valence-corrected chi connectivity index (χ3v) is 2.54. The molecule has 2 nitrogen and oxygen atoms in total. The van der Waals surface area contributed by atoms with Gasteiger partial charge in [0.05, 0.1) is 5.69 Å². The number of phenols is 1. The Morgan fingerprint density at radius 2 is 1.80 bits per heavy atom. The Labute approximate surface area is 92.9 Å². The van der Waals surface area contributed by atoms with Crippen molar-refractivity contribution in [2.45, 2.75) is 0 Å². The van der Waals surface area contributed by atoms with Crippen LogP contribution in [0.1, 0.15) is 0 Å². The van der Waals surface area contributed by atoms with Gasteiger partial charge < -0.3 is 10.8 Å². The van der Waals surface area contributed by atoms with Gasteiger partial charge in [-0.15, -0.1) is 0 Å². The van der Waals surface area contributed by atoms with Gasteiger partial charge in [0.25, 0.3) is 0 Å². The summed E-state index contributed by atoms with van der Waals surface area (Å²) in [5.74, 6) is 0.0763. The fourth-order valence-electron chi connectivity index (χ4n) is 1.41. The van der Waals surface area contributed by atoms with Gasteiger partial charge in [0, 0.05) is 10.6 Å². The molecule has 2 rings (SSSR count). The van der Waals surface area contributed by atoms with Crippen LogP contribution in [0.5, 0.6) is 5.75 Å². The van der Waals surface area contributed by atoms with Crippen molar-refractivity contribution in [1.82, 2.24) is 0 Å². The highest BCUT2D eigenvalue weighted by molar-refractivity contribution is 6.33. The van der Waals surface area contributed by atoms with E-state index in [2.05, 4.69) is 0 Å². The van der Waals surface area contributed by atoms with E-state index in [0.29, 0.717) is 10.7 Å². The van der Waals surface area contributed by atoms with E-state index in [-0.39, 0.29) is 5.75 Å². The highest BCUT2D eigenvalue weighted by Gasteiger charge is 2.04. The lowest BCUT2D eigenvalue weighted by atomic mass is 10.1. The molecule has 0 amide bonds. The van der Waals surface area contributed by atoms with E-state index in [1.54, 1.807) is 12.1 Å². The number of phenolic OH excluding ortho intramolecular Hbond substituents is 1. The van der Waals surface area contributed by atoms with Crippen LogP contribution in [0.25, 0.3) is 11.1 Å². The lowest BCUT2D eigenvalue weighted by Gasteiger charge is -2.05. The monoisotopic (exact) mass is 219 g/mol. The second kappa shape index (κ2) is 3.83. The quantitative estimate of drug-likeness (QED) is 0.571. The van der Waals surface area contributed by atoms with Crippen LogP contribution >= 0.6 is 11.6 Å². The Morgan fingerprint density at radius 1 is 1.07 bits per heavy atom. The molecular formula is C12H10ClNO. The summed E-state index contributed by atoms with van der Waals surface area (Å²) in [5, 5.41) is 10.1. The van der Waals surface area contributed by atoms with E-state index in [0.717, 1.165) is 11.1 Å². The Bertz CT molecular complexity index is 497. The van der Waals surface area contributed by atoms with Crippen LogP contribution in [0.3, 0.4) is 0 Å². The van der Waals surface area contributed by atoms with Gasteiger partial charge >= 0.3 is 0 Å². The summed E-state index contributed by atoms with van der Waals surface area (Å²) in [6, 6.07) is 12.6. The maximum absolute atomic E-state index is 9.48. The smallest absolute Gasteiger partial charge is 0.139 e. The SMILES string of the molecule is Nc1ccc(-c2ccccc2Cl)cc1O. The first-order valence-corrected chi connectivity index (χ1v) is 4.89. The molecule has 0 spiro atoms. The van der Waals surface area contributed by atoms with Gasteiger partial charge in [0.1, 0.15) is 5.75 Å². The molecule has 3 heteroatoms. The van der Waals surface area contributed by atoms with Gasteiger partial charge in [-0.25, -0.2) is 0 Å². The number of aromatic hydroxyl groups is 1. The Balaban J connectivity index is 2.55. The maximum atomic E-state index is 9.48. The maximum Gasteiger partial charge on any atom is 0.139 e. The topological polar surface area (TPSA) is 46.2 Å². The first-order valence-electron chi connectivity index (χ1n) is 4.52. The summed E-state index contributed by atoms with van der Waals surface area (Å²) in [6.45, 7) is 0. The second-order valence-corrected chi connectivity index (χ2v) is 3.66. The van der Waals surface area contributed by atoms with Crippen molar-refractivity contribution in [2.75, 3.05) is 5.73 Å². The van der Waals surface area contributed by atoms with Crippen LogP contribution < -0.4 is 5.73 Å². The second-order valence-electron chi connectivity index (χ2n) is 3.25. The van der Waals surface area contributed by atoms with E-state index in [1.165, 1.54) is 0 Å². The van der Waals surface area contributed by atoms with Crippen molar-refractivity contribution >= 4 is 17.3 Å². The molecule has 2 aromatic rings. The van der Waals surface area contributed by atoms with Gasteiger partial charge in [-0.05, 0) is 23.8 Å². The largest absolute Gasteiger partial charge is 0.506 e. The Kier molecular flexibility index (Phi) is 2.52. The minimum absolute atomic E-state index is 0.0763. The van der Waals surface area contributed by atoms with Gasteiger partial charge in [0.2, 0.25) is 0 Å². The molecule has 0 radical (unpaired) electrons. The zero-order valence-corrected chi connectivity index (χ0v) is 8.70.